The minimum Gasteiger partial charge on any atom is -0.326 e. The van der Waals surface area contributed by atoms with Gasteiger partial charge < -0.3 is 9.80 Å². The van der Waals surface area contributed by atoms with Gasteiger partial charge in [0.05, 0.1) is 12.2 Å². The number of amides is 1. The zero-order chi connectivity index (χ0) is 14.0. The second-order valence-corrected chi connectivity index (χ2v) is 6.55. The summed E-state index contributed by atoms with van der Waals surface area (Å²) in [5, 5.41) is 3.50. The van der Waals surface area contributed by atoms with Gasteiger partial charge in [0.15, 0.2) is 0 Å². The second-order valence-electron chi connectivity index (χ2n) is 6.55. The Morgan fingerprint density at radius 1 is 1.32 bits per heavy atom. The molecule has 2 atom stereocenters. The smallest absolute Gasteiger partial charge is 0.241 e. The fourth-order valence-corrected chi connectivity index (χ4v) is 3.26. The highest BCUT2D eigenvalue weighted by Gasteiger charge is 2.40. The van der Waals surface area contributed by atoms with Gasteiger partial charge in [-0.2, -0.15) is 0 Å². The lowest BCUT2D eigenvalue weighted by atomic mass is 9.96. The van der Waals surface area contributed by atoms with Crippen LogP contribution in [-0.2, 0) is 4.79 Å². The van der Waals surface area contributed by atoms with Gasteiger partial charge in [-0.05, 0) is 51.2 Å². The van der Waals surface area contributed by atoms with Gasteiger partial charge in [-0.25, -0.2) is 0 Å². The van der Waals surface area contributed by atoms with Crippen LogP contribution in [0.1, 0.15) is 40.0 Å². The predicted molar refractivity (Wildman–Crippen MR) is 77.8 cm³/mol. The topological polar surface area (TPSA) is 35.6 Å². The summed E-state index contributed by atoms with van der Waals surface area (Å²) in [6.07, 6.45) is 3.70. The Bertz CT molecular complexity index is 311. The van der Waals surface area contributed by atoms with Gasteiger partial charge in [-0.1, -0.05) is 20.8 Å². The maximum atomic E-state index is 12.5. The Morgan fingerprint density at radius 3 is 2.47 bits per heavy atom. The van der Waals surface area contributed by atoms with Gasteiger partial charge in [0, 0.05) is 6.54 Å². The molecule has 0 spiro atoms. The molecular formula is C15H29N3O. The zero-order valence-electron chi connectivity index (χ0n) is 12.9. The standard InChI is InChI=1S/C15H29N3O/c1-5-13-16-14(11(2)3)15(19)18(13)10-12-6-8-17(4)9-7-12/h11-14,16H,5-10H2,1-4H3. The van der Waals surface area contributed by atoms with E-state index in [1.54, 1.807) is 0 Å². The molecule has 0 bridgehead atoms. The van der Waals surface area contributed by atoms with Crippen molar-refractivity contribution in [2.45, 2.75) is 52.2 Å². The molecular weight excluding hydrogens is 238 g/mol. The summed E-state index contributed by atoms with van der Waals surface area (Å²) in [6, 6.07) is 0.0243. The Morgan fingerprint density at radius 2 is 1.95 bits per heavy atom. The lowest BCUT2D eigenvalue weighted by Crippen LogP contribution is -2.42. The molecule has 110 valence electrons. The second kappa shape index (κ2) is 6.23. The highest BCUT2D eigenvalue weighted by Crippen LogP contribution is 2.24. The molecule has 1 N–H and O–H groups in total. The van der Waals surface area contributed by atoms with E-state index in [9.17, 15) is 4.79 Å². The molecule has 1 amide bonds. The molecule has 0 radical (unpaired) electrons. The molecule has 0 aromatic heterocycles. The fourth-order valence-electron chi connectivity index (χ4n) is 3.26. The van der Waals surface area contributed by atoms with Gasteiger partial charge in [-0.3, -0.25) is 10.1 Å². The largest absolute Gasteiger partial charge is 0.326 e. The van der Waals surface area contributed by atoms with Crippen LogP contribution in [-0.4, -0.2) is 54.6 Å². The summed E-state index contributed by atoms with van der Waals surface area (Å²) >= 11 is 0. The van der Waals surface area contributed by atoms with Crippen molar-refractivity contribution in [1.29, 1.82) is 0 Å². The number of hydrogen-bond donors (Lipinski definition) is 1. The average molecular weight is 267 g/mol. The minimum atomic E-state index is 0.0243. The number of nitrogens with zero attached hydrogens (tertiary/aromatic N) is 2. The average Bonchev–Trinajstić information content (AvgIpc) is 2.69. The van der Waals surface area contributed by atoms with Crippen molar-refractivity contribution < 1.29 is 4.79 Å². The Kier molecular flexibility index (Phi) is 4.85. The van der Waals surface area contributed by atoms with E-state index >= 15 is 0 Å². The highest BCUT2D eigenvalue weighted by atomic mass is 16.2. The molecule has 2 aliphatic rings. The molecule has 0 saturated carbocycles. The van der Waals surface area contributed by atoms with E-state index in [2.05, 4.69) is 42.9 Å². The van der Waals surface area contributed by atoms with Crippen molar-refractivity contribution >= 4 is 5.91 Å². The molecule has 0 aromatic rings. The maximum Gasteiger partial charge on any atom is 0.241 e. The molecule has 2 saturated heterocycles. The number of piperidine rings is 1. The molecule has 2 aliphatic heterocycles. The van der Waals surface area contributed by atoms with Crippen LogP contribution in [0.2, 0.25) is 0 Å². The third-order valence-electron chi connectivity index (χ3n) is 4.64. The van der Waals surface area contributed by atoms with Crippen molar-refractivity contribution in [2.24, 2.45) is 11.8 Å². The molecule has 2 rings (SSSR count). The number of nitrogens with one attached hydrogen (secondary N) is 1. The Hall–Kier alpha value is -0.610. The molecule has 4 heteroatoms. The first-order chi connectivity index (χ1) is 9.02. The molecule has 4 nitrogen and oxygen atoms in total. The molecule has 2 heterocycles. The van der Waals surface area contributed by atoms with E-state index in [-0.39, 0.29) is 12.2 Å². The molecule has 2 fully saturated rings. The van der Waals surface area contributed by atoms with Crippen molar-refractivity contribution in [3.63, 3.8) is 0 Å². The van der Waals surface area contributed by atoms with Gasteiger partial charge in [-0.15, -0.1) is 0 Å². The van der Waals surface area contributed by atoms with Crippen molar-refractivity contribution in [2.75, 3.05) is 26.7 Å². The van der Waals surface area contributed by atoms with Crippen LogP contribution in [0.25, 0.3) is 0 Å². The summed E-state index contributed by atoms with van der Waals surface area (Å²) in [4.78, 5) is 17.0. The quantitative estimate of drug-likeness (QED) is 0.839. The normalized spacial score (nSPS) is 30.6. The number of carbonyl (C=O) groups is 1. The van der Waals surface area contributed by atoms with Crippen LogP contribution < -0.4 is 5.32 Å². The summed E-state index contributed by atoms with van der Waals surface area (Å²) in [6.45, 7) is 9.70. The van der Waals surface area contributed by atoms with E-state index in [0.29, 0.717) is 17.7 Å². The van der Waals surface area contributed by atoms with Crippen LogP contribution in [0.4, 0.5) is 0 Å². The summed E-state index contributed by atoms with van der Waals surface area (Å²) < 4.78 is 0. The third kappa shape index (κ3) is 3.29. The first kappa shape index (κ1) is 14.8. The van der Waals surface area contributed by atoms with Gasteiger partial charge in [0.2, 0.25) is 5.91 Å². The Labute approximate surface area is 117 Å². The van der Waals surface area contributed by atoms with Crippen molar-refractivity contribution in [3.8, 4) is 0 Å². The predicted octanol–water partition coefficient (Wildman–Crippen LogP) is 1.52. The van der Waals surface area contributed by atoms with E-state index < -0.39 is 0 Å². The van der Waals surface area contributed by atoms with Crippen LogP contribution in [0, 0.1) is 11.8 Å². The van der Waals surface area contributed by atoms with Crippen LogP contribution in [0.15, 0.2) is 0 Å². The molecule has 19 heavy (non-hydrogen) atoms. The van der Waals surface area contributed by atoms with Crippen molar-refractivity contribution in [3.05, 3.63) is 0 Å². The Balaban J connectivity index is 1.95. The highest BCUT2D eigenvalue weighted by molar-refractivity contribution is 5.84. The van der Waals surface area contributed by atoms with Crippen LogP contribution in [0.5, 0.6) is 0 Å². The lowest BCUT2D eigenvalue weighted by molar-refractivity contribution is -0.131. The number of hydrogen-bond acceptors (Lipinski definition) is 3. The number of likely N-dealkylation sites (tertiary alicyclic amines) is 1. The van der Waals surface area contributed by atoms with E-state index in [1.807, 2.05) is 0 Å². The molecule has 0 aliphatic carbocycles. The van der Waals surface area contributed by atoms with E-state index in [4.69, 9.17) is 0 Å². The van der Waals surface area contributed by atoms with Gasteiger partial charge in [0.1, 0.15) is 0 Å². The summed E-state index contributed by atoms with van der Waals surface area (Å²) in [7, 11) is 2.18. The molecule has 0 aromatic carbocycles. The first-order valence-corrected chi connectivity index (χ1v) is 7.78. The minimum absolute atomic E-state index is 0.0243. The van der Waals surface area contributed by atoms with Crippen molar-refractivity contribution in [1.82, 2.24) is 15.1 Å². The van der Waals surface area contributed by atoms with E-state index in [1.165, 1.54) is 25.9 Å². The van der Waals surface area contributed by atoms with Crippen LogP contribution in [0.3, 0.4) is 0 Å². The molecule has 2 unspecified atom stereocenters. The number of rotatable bonds is 4. The summed E-state index contributed by atoms with van der Waals surface area (Å²) in [5.41, 5.74) is 0. The third-order valence-corrected chi connectivity index (χ3v) is 4.64. The van der Waals surface area contributed by atoms with E-state index in [0.717, 1.165) is 13.0 Å². The van der Waals surface area contributed by atoms with Crippen LogP contribution >= 0.6 is 0 Å². The first-order valence-electron chi connectivity index (χ1n) is 7.78. The monoisotopic (exact) mass is 267 g/mol. The SMILES string of the molecule is CCC1NC(C(C)C)C(=O)N1CC1CCN(C)CC1. The maximum absolute atomic E-state index is 12.5. The van der Waals surface area contributed by atoms with Gasteiger partial charge in [0.25, 0.3) is 0 Å². The lowest BCUT2D eigenvalue weighted by Gasteiger charge is -2.33. The zero-order valence-corrected chi connectivity index (χ0v) is 12.9. The number of carbonyl (C=O) groups excluding carboxylic acids is 1. The van der Waals surface area contributed by atoms with Gasteiger partial charge >= 0.3 is 0 Å². The fraction of sp³-hybridized carbons (Fsp3) is 0.933. The summed E-state index contributed by atoms with van der Waals surface area (Å²) in [5.74, 6) is 1.38.